The van der Waals surface area contributed by atoms with Gasteiger partial charge in [-0.2, -0.15) is 0 Å². The normalized spacial score (nSPS) is 10.2. The van der Waals surface area contributed by atoms with Crippen LogP contribution >= 0.6 is 0 Å². The molecule has 0 fully saturated rings. The fraction of sp³-hybridized carbons (Fsp3) is 0.167. The molecule has 0 aliphatic heterocycles. The van der Waals surface area contributed by atoms with Crippen LogP contribution in [0.2, 0.25) is 0 Å². The number of amides is 2. The quantitative estimate of drug-likeness (QED) is 0.703. The van der Waals surface area contributed by atoms with Crippen LogP contribution < -0.4 is 11.1 Å². The van der Waals surface area contributed by atoms with Gasteiger partial charge in [-0.25, -0.2) is 4.79 Å². The molecule has 0 aliphatic carbocycles. The van der Waals surface area contributed by atoms with Gasteiger partial charge in [0.25, 0.3) is 5.91 Å². The molecule has 2 aromatic rings. The lowest BCUT2D eigenvalue weighted by Crippen LogP contribution is -2.29. The average molecular weight is 247 g/mol. The number of carbonyl (C=O) groups is 2. The SMILES string of the molecule is NC(=O)OCCNC(=O)c1cc2ccccc2[nH]1. The molecular formula is C12H13N3O3. The van der Waals surface area contributed by atoms with Gasteiger partial charge >= 0.3 is 6.09 Å². The molecule has 4 N–H and O–H groups in total. The van der Waals surface area contributed by atoms with E-state index in [1.807, 2.05) is 24.3 Å². The number of aromatic amines is 1. The highest BCUT2D eigenvalue weighted by atomic mass is 16.5. The maximum Gasteiger partial charge on any atom is 0.404 e. The predicted molar refractivity (Wildman–Crippen MR) is 66.2 cm³/mol. The minimum Gasteiger partial charge on any atom is -0.448 e. The molecular weight excluding hydrogens is 234 g/mol. The van der Waals surface area contributed by atoms with Crippen molar-refractivity contribution in [1.82, 2.24) is 10.3 Å². The maximum absolute atomic E-state index is 11.7. The Morgan fingerprint density at radius 2 is 2.11 bits per heavy atom. The zero-order valence-electron chi connectivity index (χ0n) is 9.60. The van der Waals surface area contributed by atoms with Gasteiger partial charge in [0.15, 0.2) is 0 Å². The molecule has 6 nitrogen and oxygen atoms in total. The van der Waals surface area contributed by atoms with Crippen LogP contribution in [0.3, 0.4) is 0 Å². The molecule has 0 bridgehead atoms. The number of aromatic nitrogens is 1. The molecule has 1 aromatic carbocycles. The van der Waals surface area contributed by atoms with Crippen LogP contribution in [0.1, 0.15) is 10.5 Å². The predicted octanol–water partition coefficient (Wildman–Crippen LogP) is 0.993. The van der Waals surface area contributed by atoms with E-state index in [0.29, 0.717) is 5.69 Å². The zero-order valence-corrected chi connectivity index (χ0v) is 9.60. The largest absolute Gasteiger partial charge is 0.448 e. The highest BCUT2D eigenvalue weighted by Crippen LogP contribution is 2.14. The third-order valence-electron chi connectivity index (χ3n) is 2.41. The summed E-state index contributed by atoms with van der Waals surface area (Å²) < 4.78 is 4.50. The number of hydrogen-bond donors (Lipinski definition) is 3. The number of hydrogen-bond acceptors (Lipinski definition) is 3. The number of carbonyl (C=O) groups excluding carboxylic acids is 2. The number of ether oxygens (including phenoxy) is 1. The summed E-state index contributed by atoms with van der Waals surface area (Å²) in [5.41, 5.74) is 6.16. The molecule has 0 spiro atoms. The zero-order chi connectivity index (χ0) is 13.0. The molecule has 0 saturated carbocycles. The van der Waals surface area contributed by atoms with E-state index in [9.17, 15) is 9.59 Å². The van der Waals surface area contributed by atoms with Crippen molar-refractivity contribution in [2.75, 3.05) is 13.2 Å². The summed E-state index contributed by atoms with van der Waals surface area (Å²) in [7, 11) is 0. The molecule has 1 heterocycles. The van der Waals surface area contributed by atoms with Crippen molar-refractivity contribution < 1.29 is 14.3 Å². The topological polar surface area (TPSA) is 97.2 Å². The number of para-hydroxylation sites is 1. The van der Waals surface area contributed by atoms with Crippen LogP contribution in [0.25, 0.3) is 10.9 Å². The van der Waals surface area contributed by atoms with E-state index in [4.69, 9.17) is 5.73 Å². The Bertz CT molecular complexity index is 544. The van der Waals surface area contributed by atoms with Gasteiger partial charge in [0.05, 0.1) is 6.54 Å². The van der Waals surface area contributed by atoms with Crippen LogP contribution in [-0.2, 0) is 4.74 Å². The first-order valence-electron chi connectivity index (χ1n) is 5.45. The Balaban J connectivity index is 1.94. The van der Waals surface area contributed by atoms with Crippen LogP contribution in [0, 0.1) is 0 Å². The van der Waals surface area contributed by atoms with Gasteiger partial charge in [-0.3, -0.25) is 4.79 Å². The Morgan fingerprint density at radius 1 is 1.33 bits per heavy atom. The molecule has 0 saturated heterocycles. The van der Waals surface area contributed by atoms with Gasteiger partial charge in [0, 0.05) is 10.9 Å². The summed E-state index contributed by atoms with van der Waals surface area (Å²) in [6.45, 7) is 0.276. The van der Waals surface area contributed by atoms with Gasteiger partial charge in [-0.15, -0.1) is 0 Å². The Hall–Kier alpha value is -2.50. The van der Waals surface area contributed by atoms with Crippen molar-refractivity contribution in [1.29, 1.82) is 0 Å². The van der Waals surface area contributed by atoms with Crippen LogP contribution in [0.4, 0.5) is 4.79 Å². The molecule has 0 atom stereocenters. The smallest absolute Gasteiger partial charge is 0.404 e. The van der Waals surface area contributed by atoms with E-state index >= 15 is 0 Å². The second-order valence-electron chi connectivity index (χ2n) is 3.69. The average Bonchev–Trinajstić information content (AvgIpc) is 2.78. The van der Waals surface area contributed by atoms with Crippen molar-refractivity contribution in [3.8, 4) is 0 Å². The minimum atomic E-state index is -0.852. The number of fused-ring (bicyclic) bond motifs is 1. The summed E-state index contributed by atoms with van der Waals surface area (Å²) >= 11 is 0. The molecule has 0 aliphatic rings. The Morgan fingerprint density at radius 3 is 2.83 bits per heavy atom. The summed E-state index contributed by atoms with van der Waals surface area (Å²) in [6.07, 6.45) is -0.852. The molecule has 18 heavy (non-hydrogen) atoms. The minimum absolute atomic E-state index is 0.0568. The van der Waals surface area contributed by atoms with E-state index in [1.165, 1.54) is 0 Å². The number of benzene rings is 1. The van der Waals surface area contributed by atoms with E-state index < -0.39 is 6.09 Å². The highest BCUT2D eigenvalue weighted by molar-refractivity contribution is 5.97. The Kier molecular flexibility index (Phi) is 3.47. The second kappa shape index (κ2) is 5.22. The first kappa shape index (κ1) is 12.0. The summed E-state index contributed by atoms with van der Waals surface area (Å²) in [6, 6.07) is 9.36. The molecule has 2 rings (SSSR count). The number of H-pyrrole nitrogens is 1. The molecule has 2 amide bonds. The van der Waals surface area contributed by atoms with Gasteiger partial charge in [0.1, 0.15) is 12.3 Å². The van der Waals surface area contributed by atoms with Crippen molar-refractivity contribution >= 4 is 22.9 Å². The fourth-order valence-corrected chi connectivity index (χ4v) is 1.61. The first-order valence-corrected chi connectivity index (χ1v) is 5.45. The summed E-state index contributed by atoms with van der Waals surface area (Å²) in [4.78, 5) is 25.1. The van der Waals surface area contributed by atoms with Crippen LogP contribution in [0.5, 0.6) is 0 Å². The van der Waals surface area contributed by atoms with Crippen molar-refractivity contribution in [3.63, 3.8) is 0 Å². The van der Waals surface area contributed by atoms with E-state index in [-0.39, 0.29) is 19.1 Å². The molecule has 0 radical (unpaired) electrons. The van der Waals surface area contributed by atoms with Crippen LogP contribution in [-0.4, -0.2) is 30.1 Å². The lowest BCUT2D eigenvalue weighted by Gasteiger charge is -2.03. The Labute approximate surface area is 103 Å². The molecule has 0 unspecified atom stereocenters. The number of nitrogens with two attached hydrogens (primary N) is 1. The van der Waals surface area contributed by atoms with E-state index in [2.05, 4.69) is 15.0 Å². The van der Waals surface area contributed by atoms with Crippen molar-refractivity contribution in [2.24, 2.45) is 5.73 Å². The van der Waals surface area contributed by atoms with E-state index in [0.717, 1.165) is 10.9 Å². The van der Waals surface area contributed by atoms with Gasteiger partial charge in [-0.1, -0.05) is 18.2 Å². The number of nitrogens with one attached hydrogen (secondary N) is 2. The molecule has 6 heteroatoms. The van der Waals surface area contributed by atoms with Gasteiger partial charge in [-0.05, 0) is 12.1 Å². The lowest BCUT2D eigenvalue weighted by atomic mass is 10.2. The lowest BCUT2D eigenvalue weighted by molar-refractivity contribution is 0.0933. The number of primary amides is 1. The standard InChI is InChI=1S/C12H13N3O3/c13-12(17)18-6-5-14-11(16)10-7-8-3-1-2-4-9(8)15-10/h1-4,7,15H,5-6H2,(H2,13,17)(H,14,16). The van der Waals surface area contributed by atoms with Crippen molar-refractivity contribution in [2.45, 2.75) is 0 Å². The second-order valence-corrected chi connectivity index (χ2v) is 3.69. The van der Waals surface area contributed by atoms with E-state index in [1.54, 1.807) is 6.07 Å². The first-order chi connectivity index (χ1) is 8.66. The van der Waals surface area contributed by atoms with Crippen LogP contribution in [0.15, 0.2) is 30.3 Å². The third kappa shape index (κ3) is 2.79. The monoisotopic (exact) mass is 247 g/mol. The van der Waals surface area contributed by atoms with Crippen molar-refractivity contribution in [3.05, 3.63) is 36.0 Å². The number of rotatable bonds is 4. The highest BCUT2D eigenvalue weighted by Gasteiger charge is 2.08. The van der Waals surface area contributed by atoms with Gasteiger partial charge in [0.2, 0.25) is 0 Å². The fourth-order valence-electron chi connectivity index (χ4n) is 1.61. The summed E-state index contributed by atoms with van der Waals surface area (Å²) in [5.74, 6) is -0.251. The van der Waals surface area contributed by atoms with Gasteiger partial charge < -0.3 is 20.8 Å². The molecule has 1 aromatic heterocycles. The third-order valence-corrected chi connectivity index (χ3v) is 2.41. The maximum atomic E-state index is 11.7. The molecule has 94 valence electrons. The summed E-state index contributed by atoms with van der Waals surface area (Å²) in [5, 5.41) is 3.58.